The maximum Gasteiger partial charge on any atom is 0.424 e. The molecule has 9 heteroatoms. The van der Waals surface area contributed by atoms with Crippen LogP contribution in [-0.2, 0) is 15.9 Å². The number of benzene rings is 1. The van der Waals surface area contributed by atoms with E-state index in [0.717, 1.165) is 4.90 Å². The second-order valence-electron chi connectivity index (χ2n) is 9.48. The van der Waals surface area contributed by atoms with Gasteiger partial charge in [0.15, 0.2) is 0 Å². The molecule has 0 aliphatic carbocycles. The first-order chi connectivity index (χ1) is 13.7. The minimum absolute atomic E-state index is 0.299. The van der Waals surface area contributed by atoms with Gasteiger partial charge in [-0.3, -0.25) is 5.10 Å². The largest absolute Gasteiger partial charge is 0.443 e. The van der Waals surface area contributed by atoms with E-state index in [9.17, 15) is 9.59 Å². The van der Waals surface area contributed by atoms with Gasteiger partial charge in [0.2, 0.25) is 0 Å². The Bertz CT molecular complexity index is 894. The van der Waals surface area contributed by atoms with Crippen LogP contribution in [0.15, 0.2) is 12.3 Å². The summed E-state index contributed by atoms with van der Waals surface area (Å²) in [6.07, 6.45) is 0.409. The first-order valence-electron chi connectivity index (χ1n) is 9.85. The molecule has 0 radical (unpaired) electrons. The Kier molecular flexibility index (Phi) is 6.66. The van der Waals surface area contributed by atoms with Crippen LogP contribution in [0, 0.1) is 0 Å². The first-order valence-corrected chi connectivity index (χ1v) is 9.85. The van der Waals surface area contributed by atoms with Crippen molar-refractivity contribution < 1.29 is 19.1 Å². The van der Waals surface area contributed by atoms with Gasteiger partial charge in [-0.05, 0) is 68.1 Å². The topological polar surface area (TPSA) is 114 Å². The Morgan fingerprint density at radius 3 is 2.07 bits per heavy atom. The van der Waals surface area contributed by atoms with E-state index < -0.39 is 23.4 Å². The van der Waals surface area contributed by atoms with Crippen LogP contribution in [0.1, 0.15) is 47.1 Å². The highest BCUT2D eigenvalue weighted by Crippen LogP contribution is 2.36. The molecule has 0 fully saturated rings. The molecule has 166 valence electrons. The summed E-state index contributed by atoms with van der Waals surface area (Å²) in [5.74, 6) is 0. The van der Waals surface area contributed by atoms with E-state index in [-0.39, 0.29) is 0 Å². The lowest BCUT2D eigenvalue weighted by Crippen LogP contribution is -2.44. The number of H-pyrrole nitrogens is 1. The van der Waals surface area contributed by atoms with E-state index in [1.165, 1.54) is 0 Å². The van der Waals surface area contributed by atoms with Gasteiger partial charge in [0, 0.05) is 23.2 Å². The Morgan fingerprint density at radius 1 is 1.07 bits per heavy atom. The van der Waals surface area contributed by atoms with Gasteiger partial charge in [-0.25, -0.2) is 9.59 Å². The quantitative estimate of drug-likeness (QED) is 0.722. The van der Waals surface area contributed by atoms with Crippen molar-refractivity contribution in [2.75, 3.05) is 31.3 Å². The van der Waals surface area contributed by atoms with Crippen LogP contribution >= 0.6 is 0 Å². The maximum atomic E-state index is 13.2. The van der Waals surface area contributed by atoms with Gasteiger partial charge in [-0.1, -0.05) is 0 Å². The molecule has 0 aliphatic heterocycles. The van der Waals surface area contributed by atoms with Crippen LogP contribution in [0.2, 0.25) is 0 Å². The number of hydrogen-bond acceptors (Lipinski definition) is 7. The third kappa shape index (κ3) is 5.85. The molecule has 3 N–H and O–H groups in total. The molecule has 0 spiro atoms. The molecule has 2 amide bonds. The van der Waals surface area contributed by atoms with Crippen molar-refractivity contribution in [3.63, 3.8) is 0 Å². The number of aromatic amines is 1. The Labute approximate surface area is 177 Å². The van der Waals surface area contributed by atoms with E-state index in [1.54, 1.807) is 53.8 Å². The lowest BCUT2D eigenvalue weighted by molar-refractivity contribution is 0.0431. The highest BCUT2D eigenvalue weighted by atomic mass is 16.6. The molecule has 9 nitrogen and oxygen atoms in total. The van der Waals surface area contributed by atoms with Gasteiger partial charge in [0.25, 0.3) is 0 Å². The molecule has 1 aromatic heterocycles. The lowest BCUT2D eigenvalue weighted by atomic mass is 10.0. The fourth-order valence-corrected chi connectivity index (χ4v) is 2.85. The van der Waals surface area contributed by atoms with Crippen molar-refractivity contribution in [1.82, 2.24) is 15.1 Å². The molecule has 0 bridgehead atoms. The molecule has 0 aliphatic rings. The Balaban J connectivity index is 2.71. The van der Waals surface area contributed by atoms with Crippen LogP contribution < -0.4 is 10.6 Å². The van der Waals surface area contributed by atoms with Gasteiger partial charge in [0.1, 0.15) is 11.2 Å². The molecule has 30 heavy (non-hydrogen) atoms. The van der Waals surface area contributed by atoms with Crippen molar-refractivity contribution >= 4 is 34.5 Å². The molecule has 0 saturated carbocycles. The van der Waals surface area contributed by atoms with Crippen LogP contribution in [0.5, 0.6) is 0 Å². The van der Waals surface area contributed by atoms with Gasteiger partial charge in [-0.15, -0.1) is 0 Å². The molecule has 1 aromatic carbocycles. The highest BCUT2D eigenvalue weighted by molar-refractivity contribution is 6.16. The van der Waals surface area contributed by atoms with Gasteiger partial charge in [0.05, 0.1) is 17.4 Å². The number of fused-ring (bicyclic) bond motifs is 1. The van der Waals surface area contributed by atoms with Gasteiger partial charge >= 0.3 is 12.2 Å². The first kappa shape index (κ1) is 23.5. The SMILES string of the molecule is CN(C)CCc1c(N)cc2cn[nH]c2c1N(C(=O)OC(C)(C)C)C(=O)OC(C)(C)C. The number of likely N-dealkylation sites (N-methyl/N-ethyl adjacent to an activating group) is 1. The summed E-state index contributed by atoms with van der Waals surface area (Å²) in [6.45, 7) is 11.1. The highest BCUT2D eigenvalue weighted by Gasteiger charge is 2.36. The zero-order valence-corrected chi connectivity index (χ0v) is 19.1. The zero-order chi connectivity index (χ0) is 22.9. The normalized spacial score (nSPS) is 12.3. The molecule has 2 rings (SSSR count). The summed E-state index contributed by atoms with van der Waals surface area (Å²) < 4.78 is 11.1. The molecule has 0 unspecified atom stereocenters. The van der Waals surface area contributed by atoms with Crippen LogP contribution in [0.25, 0.3) is 10.9 Å². The van der Waals surface area contributed by atoms with Crippen LogP contribution in [0.4, 0.5) is 21.0 Å². The number of carbonyl (C=O) groups is 2. The van der Waals surface area contributed by atoms with Crippen LogP contribution in [0.3, 0.4) is 0 Å². The average Bonchev–Trinajstić information content (AvgIpc) is 2.98. The summed E-state index contributed by atoms with van der Waals surface area (Å²) in [5.41, 5.74) is 6.61. The van der Waals surface area contributed by atoms with E-state index in [2.05, 4.69) is 10.2 Å². The van der Waals surface area contributed by atoms with Crippen molar-refractivity contribution in [2.45, 2.75) is 59.2 Å². The predicted octanol–water partition coefficient (Wildman–Crippen LogP) is 3.93. The van der Waals surface area contributed by atoms with Crippen molar-refractivity contribution in [3.05, 3.63) is 17.8 Å². The number of nitrogens with two attached hydrogens (primary N) is 1. The summed E-state index contributed by atoms with van der Waals surface area (Å²) in [6, 6.07) is 1.77. The monoisotopic (exact) mass is 419 g/mol. The maximum absolute atomic E-state index is 13.2. The number of hydrogen-bond donors (Lipinski definition) is 2. The third-order valence-corrected chi connectivity index (χ3v) is 4.04. The van der Waals surface area contributed by atoms with Gasteiger partial charge < -0.3 is 20.1 Å². The minimum atomic E-state index is -0.843. The number of aromatic nitrogens is 2. The average molecular weight is 420 g/mol. The summed E-state index contributed by atoms with van der Waals surface area (Å²) >= 11 is 0. The van der Waals surface area contributed by atoms with E-state index in [4.69, 9.17) is 15.2 Å². The smallest absolute Gasteiger partial charge is 0.424 e. The third-order valence-electron chi connectivity index (χ3n) is 4.04. The fourth-order valence-electron chi connectivity index (χ4n) is 2.85. The summed E-state index contributed by atoms with van der Waals surface area (Å²) in [4.78, 5) is 29.2. The minimum Gasteiger partial charge on any atom is -0.443 e. The number of carbonyl (C=O) groups excluding carboxylic acids is 2. The Hall–Kier alpha value is -2.81. The number of imide groups is 1. The molecular formula is C21H33N5O4. The number of amides is 2. The fraction of sp³-hybridized carbons (Fsp3) is 0.571. The van der Waals surface area contributed by atoms with Gasteiger partial charge in [-0.2, -0.15) is 10.00 Å². The number of nitrogen functional groups attached to an aromatic ring is 1. The molecule has 0 atom stereocenters. The van der Waals surface area contributed by atoms with E-state index >= 15 is 0 Å². The number of nitrogens with zero attached hydrogens (tertiary/aromatic N) is 3. The molecule has 2 aromatic rings. The van der Waals surface area contributed by atoms with Crippen molar-refractivity contribution in [3.8, 4) is 0 Å². The summed E-state index contributed by atoms with van der Waals surface area (Å²) in [7, 11) is 3.87. The van der Waals surface area contributed by atoms with Crippen LogP contribution in [-0.4, -0.2) is 59.1 Å². The van der Waals surface area contributed by atoms with E-state index in [0.29, 0.717) is 40.8 Å². The lowest BCUT2D eigenvalue weighted by Gasteiger charge is -2.30. The number of nitrogens with one attached hydrogen (secondary N) is 1. The predicted molar refractivity (Wildman–Crippen MR) is 118 cm³/mol. The number of ether oxygens (including phenoxy) is 2. The standard InChI is InChI=1S/C21H33N5O4/c1-20(2,3)29-18(27)26(19(28)30-21(4,5)6)17-14(9-10-25(7)8)15(22)11-13-12-23-24-16(13)17/h11-12H,9-10,22H2,1-8H3,(H,23,24). The number of rotatable bonds is 4. The van der Waals surface area contributed by atoms with Crippen molar-refractivity contribution in [1.29, 1.82) is 0 Å². The number of anilines is 2. The Morgan fingerprint density at radius 2 is 1.60 bits per heavy atom. The van der Waals surface area contributed by atoms with Crippen molar-refractivity contribution in [2.24, 2.45) is 0 Å². The molecule has 1 heterocycles. The second-order valence-corrected chi connectivity index (χ2v) is 9.48. The molecule has 0 saturated heterocycles. The zero-order valence-electron chi connectivity index (χ0n) is 19.1. The molecular weight excluding hydrogens is 386 g/mol. The summed E-state index contributed by atoms with van der Waals surface area (Å²) in [5, 5.41) is 7.62. The second kappa shape index (κ2) is 8.51. The van der Waals surface area contributed by atoms with E-state index in [1.807, 2.05) is 19.0 Å².